The smallest absolute Gasteiger partial charge is 0.239 e. The van der Waals surface area contributed by atoms with E-state index in [1.807, 2.05) is 25.7 Å². The summed E-state index contributed by atoms with van der Waals surface area (Å²) in [5, 5.41) is 0. The highest BCUT2D eigenvalue weighted by molar-refractivity contribution is 5.81. The zero-order chi connectivity index (χ0) is 10.4. The summed E-state index contributed by atoms with van der Waals surface area (Å²) in [4.78, 5) is 13.5. The van der Waals surface area contributed by atoms with Crippen molar-refractivity contribution >= 4 is 5.91 Å². The molecule has 0 fully saturated rings. The Kier molecular flexibility index (Phi) is 5.71. The van der Waals surface area contributed by atoms with Crippen LogP contribution in [0.3, 0.4) is 0 Å². The van der Waals surface area contributed by atoms with Gasteiger partial charge in [0.1, 0.15) is 0 Å². The minimum absolute atomic E-state index is 0.0827. The van der Waals surface area contributed by atoms with E-state index in [1.54, 1.807) is 0 Å². The maximum atomic E-state index is 11.7. The first-order chi connectivity index (χ1) is 6.04. The summed E-state index contributed by atoms with van der Waals surface area (Å²) in [5.41, 5.74) is 5.78. The molecule has 0 aromatic rings. The molecule has 0 rings (SSSR count). The molecule has 0 unspecified atom stereocenters. The lowest BCUT2D eigenvalue weighted by Gasteiger charge is -2.25. The van der Waals surface area contributed by atoms with Crippen LogP contribution in [0.2, 0.25) is 0 Å². The molecule has 1 atom stereocenters. The largest absolute Gasteiger partial charge is 0.342 e. The van der Waals surface area contributed by atoms with Crippen LogP contribution in [0.25, 0.3) is 0 Å². The molecule has 0 heterocycles. The van der Waals surface area contributed by atoms with Gasteiger partial charge in [-0.05, 0) is 19.3 Å². The molecule has 0 spiro atoms. The topological polar surface area (TPSA) is 46.3 Å². The number of carbonyl (C=O) groups is 1. The zero-order valence-electron chi connectivity index (χ0n) is 9.21. The highest BCUT2D eigenvalue weighted by atomic mass is 16.2. The highest BCUT2D eigenvalue weighted by Crippen LogP contribution is 2.03. The first kappa shape index (κ1) is 12.4. The van der Waals surface area contributed by atoms with Crippen molar-refractivity contribution in [1.29, 1.82) is 0 Å². The Morgan fingerprint density at radius 1 is 1.38 bits per heavy atom. The van der Waals surface area contributed by atoms with Crippen LogP contribution < -0.4 is 5.73 Å². The molecule has 13 heavy (non-hydrogen) atoms. The van der Waals surface area contributed by atoms with E-state index in [1.165, 1.54) is 0 Å². The average Bonchev–Trinajstić information content (AvgIpc) is 2.11. The van der Waals surface area contributed by atoms with Gasteiger partial charge in [-0.25, -0.2) is 0 Å². The summed E-state index contributed by atoms with van der Waals surface area (Å²) in [6.45, 7) is 9.57. The number of rotatable bonds is 5. The van der Waals surface area contributed by atoms with Crippen molar-refractivity contribution in [2.24, 2.45) is 11.7 Å². The molecule has 3 nitrogen and oxygen atoms in total. The van der Waals surface area contributed by atoms with Crippen LogP contribution in [0.15, 0.2) is 0 Å². The van der Waals surface area contributed by atoms with Gasteiger partial charge >= 0.3 is 0 Å². The van der Waals surface area contributed by atoms with Crippen LogP contribution in [0.5, 0.6) is 0 Å². The predicted octanol–water partition coefficient (Wildman–Crippen LogP) is 1.23. The predicted molar refractivity (Wildman–Crippen MR) is 55.4 cm³/mol. The second-order valence-corrected chi connectivity index (χ2v) is 3.69. The van der Waals surface area contributed by atoms with Gasteiger partial charge in [0.15, 0.2) is 0 Å². The van der Waals surface area contributed by atoms with Crippen LogP contribution in [0.4, 0.5) is 0 Å². The Morgan fingerprint density at radius 3 is 2.23 bits per heavy atom. The average molecular weight is 186 g/mol. The fourth-order valence-corrected chi connectivity index (χ4v) is 1.19. The number of hydrogen-bond donors (Lipinski definition) is 1. The molecule has 0 saturated heterocycles. The van der Waals surface area contributed by atoms with E-state index in [0.29, 0.717) is 0 Å². The van der Waals surface area contributed by atoms with Crippen molar-refractivity contribution in [3.8, 4) is 0 Å². The number of carbonyl (C=O) groups excluding carboxylic acids is 1. The van der Waals surface area contributed by atoms with E-state index in [0.717, 1.165) is 19.5 Å². The number of nitrogens with two attached hydrogens (primary N) is 1. The monoisotopic (exact) mass is 186 g/mol. The summed E-state index contributed by atoms with van der Waals surface area (Å²) in [6, 6.07) is -0.341. The van der Waals surface area contributed by atoms with Gasteiger partial charge in [0.05, 0.1) is 6.04 Å². The second kappa shape index (κ2) is 5.97. The summed E-state index contributed by atoms with van der Waals surface area (Å²) >= 11 is 0. The molecule has 3 heteroatoms. The molecule has 0 aliphatic heterocycles. The molecule has 1 amide bonds. The van der Waals surface area contributed by atoms with Crippen LogP contribution in [0, 0.1) is 5.92 Å². The van der Waals surface area contributed by atoms with E-state index in [-0.39, 0.29) is 17.9 Å². The van der Waals surface area contributed by atoms with Gasteiger partial charge in [-0.1, -0.05) is 20.8 Å². The Bertz CT molecular complexity index is 157. The summed E-state index contributed by atoms with van der Waals surface area (Å²) in [6.07, 6.45) is 0.990. The van der Waals surface area contributed by atoms with Crippen molar-refractivity contribution < 1.29 is 4.79 Å². The molecule has 2 N–H and O–H groups in total. The molecule has 0 aromatic heterocycles. The lowest BCUT2D eigenvalue weighted by Crippen LogP contribution is -2.46. The molecule has 0 aromatic carbocycles. The summed E-state index contributed by atoms with van der Waals surface area (Å²) in [7, 11) is 0. The quantitative estimate of drug-likeness (QED) is 0.702. The van der Waals surface area contributed by atoms with Gasteiger partial charge in [-0.2, -0.15) is 0 Å². The third-order valence-corrected chi connectivity index (χ3v) is 2.19. The number of amides is 1. The fraction of sp³-hybridized carbons (Fsp3) is 0.900. The second-order valence-electron chi connectivity index (χ2n) is 3.69. The zero-order valence-corrected chi connectivity index (χ0v) is 9.21. The molecule has 78 valence electrons. The molecular weight excluding hydrogens is 164 g/mol. The van der Waals surface area contributed by atoms with Crippen molar-refractivity contribution in [2.75, 3.05) is 13.1 Å². The van der Waals surface area contributed by atoms with Crippen molar-refractivity contribution in [3.05, 3.63) is 0 Å². The maximum Gasteiger partial charge on any atom is 0.239 e. The normalized spacial score (nSPS) is 13.1. The molecular formula is C10H22N2O. The Labute approximate surface area is 81.3 Å². The van der Waals surface area contributed by atoms with Gasteiger partial charge in [0, 0.05) is 13.1 Å². The van der Waals surface area contributed by atoms with Gasteiger partial charge in [-0.15, -0.1) is 0 Å². The Morgan fingerprint density at radius 2 is 1.92 bits per heavy atom. The third-order valence-electron chi connectivity index (χ3n) is 2.19. The molecule has 0 radical (unpaired) electrons. The Hall–Kier alpha value is -0.570. The first-order valence-electron chi connectivity index (χ1n) is 5.08. The van der Waals surface area contributed by atoms with Crippen LogP contribution in [0.1, 0.15) is 34.1 Å². The summed E-state index contributed by atoms with van der Waals surface area (Å²) < 4.78 is 0. The molecule has 0 aliphatic carbocycles. The van der Waals surface area contributed by atoms with E-state index in [2.05, 4.69) is 6.92 Å². The standard InChI is InChI=1S/C10H22N2O/c1-5-7-12(6-2)10(13)9(11)8(3)4/h8-9H,5-7,11H2,1-4H3/t9-/m1/s1. The van der Waals surface area contributed by atoms with E-state index >= 15 is 0 Å². The minimum atomic E-state index is -0.341. The number of hydrogen-bond acceptors (Lipinski definition) is 2. The van der Waals surface area contributed by atoms with Crippen molar-refractivity contribution in [2.45, 2.75) is 40.2 Å². The SMILES string of the molecule is CCCN(CC)C(=O)[C@H](N)C(C)C. The van der Waals surface area contributed by atoms with Gasteiger partial charge in [-0.3, -0.25) is 4.79 Å². The third kappa shape index (κ3) is 3.77. The van der Waals surface area contributed by atoms with Crippen LogP contribution in [-0.2, 0) is 4.79 Å². The highest BCUT2D eigenvalue weighted by Gasteiger charge is 2.21. The molecule has 0 aliphatic rings. The van der Waals surface area contributed by atoms with E-state index in [4.69, 9.17) is 5.73 Å². The lowest BCUT2D eigenvalue weighted by atomic mass is 10.0. The van der Waals surface area contributed by atoms with Crippen molar-refractivity contribution in [3.63, 3.8) is 0 Å². The van der Waals surface area contributed by atoms with E-state index < -0.39 is 0 Å². The van der Waals surface area contributed by atoms with Gasteiger partial charge < -0.3 is 10.6 Å². The van der Waals surface area contributed by atoms with Gasteiger partial charge in [0.2, 0.25) is 5.91 Å². The summed E-state index contributed by atoms with van der Waals surface area (Å²) in [5.74, 6) is 0.303. The maximum absolute atomic E-state index is 11.7. The van der Waals surface area contributed by atoms with Crippen molar-refractivity contribution in [1.82, 2.24) is 4.90 Å². The lowest BCUT2D eigenvalue weighted by molar-refractivity contribution is -0.133. The first-order valence-corrected chi connectivity index (χ1v) is 5.08. The number of likely N-dealkylation sites (N-methyl/N-ethyl adjacent to an activating group) is 1. The van der Waals surface area contributed by atoms with Gasteiger partial charge in [0.25, 0.3) is 0 Å². The van der Waals surface area contributed by atoms with Crippen LogP contribution in [-0.4, -0.2) is 29.9 Å². The number of nitrogens with zero attached hydrogens (tertiary/aromatic N) is 1. The Balaban J connectivity index is 4.19. The van der Waals surface area contributed by atoms with Crippen LogP contribution >= 0.6 is 0 Å². The fourth-order valence-electron chi connectivity index (χ4n) is 1.19. The molecule has 0 bridgehead atoms. The van der Waals surface area contributed by atoms with E-state index in [9.17, 15) is 4.79 Å². The minimum Gasteiger partial charge on any atom is -0.342 e. The molecule has 0 saturated carbocycles.